The topological polar surface area (TPSA) is 83.4 Å². The number of aliphatic carboxylic acids is 1. The zero-order valence-electron chi connectivity index (χ0n) is 10.8. The minimum atomic E-state index is -0.857. The molecule has 1 aromatic rings. The molecule has 1 amide bonds. The number of amides is 1. The first kappa shape index (κ1) is 14.1. The van der Waals surface area contributed by atoms with Crippen LogP contribution in [-0.4, -0.2) is 45.4 Å². The van der Waals surface area contributed by atoms with Crippen LogP contribution >= 0.6 is 0 Å². The number of hydrogen-bond donors (Lipinski definition) is 1. The second kappa shape index (κ2) is 6.09. The minimum absolute atomic E-state index is 0.0550. The maximum Gasteiger partial charge on any atom is 0.303 e. The lowest BCUT2D eigenvalue weighted by Crippen LogP contribution is -2.29. The fraction of sp³-hybridized carbons (Fsp3) is 0.500. The van der Waals surface area contributed by atoms with E-state index in [9.17, 15) is 9.59 Å². The molecule has 0 bridgehead atoms. The summed E-state index contributed by atoms with van der Waals surface area (Å²) in [5, 5.41) is 8.53. The maximum atomic E-state index is 12.0. The lowest BCUT2D eigenvalue weighted by Gasteiger charge is -2.16. The van der Waals surface area contributed by atoms with E-state index in [-0.39, 0.29) is 12.3 Å². The van der Waals surface area contributed by atoms with Gasteiger partial charge < -0.3 is 10.0 Å². The van der Waals surface area contributed by atoms with Gasteiger partial charge in [0.05, 0.1) is 0 Å². The van der Waals surface area contributed by atoms with Crippen LogP contribution in [0.15, 0.2) is 6.07 Å². The number of carbonyl (C=O) groups excluding carboxylic acids is 1. The quantitative estimate of drug-likeness (QED) is 0.845. The van der Waals surface area contributed by atoms with Crippen LogP contribution < -0.4 is 0 Å². The van der Waals surface area contributed by atoms with E-state index in [1.165, 1.54) is 4.90 Å². The van der Waals surface area contributed by atoms with Crippen molar-refractivity contribution in [3.63, 3.8) is 0 Å². The molecular formula is C12H17N3O3. The number of hydrogen-bond acceptors (Lipinski definition) is 4. The normalized spacial score (nSPS) is 10.2. The average molecular weight is 251 g/mol. The predicted molar refractivity (Wildman–Crippen MR) is 65.3 cm³/mol. The first-order valence-electron chi connectivity index (χ1n) is 5.69. The number of carbonyl (C=O) groups is 2. The highest BCUT2D eigenvalue weighted by molar-refractivity contribution is 5.92. The molecule has 0 fully saturated rings. The monoisotopic (exact) mass is 251 g/mol. The molecule has 0 atom stereocenters. The standard InChI is InChI=1S/C12H17N3O3/c1-8-7-10(14-9(2)13-8)12(18)15(3)6-4-5-11(16)17/h7H,4-6H2,1-3H3,(H,16,17). The molecule has 0 aromatic carbocycles. The molecular weight excluding hydrogens is 234 g/mol. The summed E-state index contributed by atoms with van der Waals surface area (Å²) in [7, 11) is 1.64. The van der Waals surface area contributed by atoms with Crippen molar-refractivity contribution in [2.45, 2.75) is 26.7 Å². The SMILES string of the molecule is Cc1cc(C(=O)N(C)CCCC(=O)O)nc(C)n1. The largest absolute Gasteiger partial charge is 0.481 e. The van der Waals surface area contributed by atoms with E-state index in [1.54, 1.807) is 27.0 Å². The molecule has 1 N–H and O–H groups in total. The van der Waals surface area contributed by atoms with Crippen LogP contribution in [0.1, 0.15) is 34.8 Å². The molecule has 0 aliphatic heterocycles. The zero-order chi connectivity index (χ0) is 13.7. The van der Waals surface area contributed by atoms with Crippen LogP contribution in [0.4, 0.5) is 0 Å². The van der Waals surface area contributed by atoms with Gasteiger partial charge >= 0.3 is 5.97 Å². The lowest BCUT2D eigenvalue weighted by atomic mass is 10.2. The lowest BCUT2D eigenvalue weighted by molar-refractivity contribution is -0.137. The highest BCUT2D eigenvalue weighted by Crippen LogP contribution is 2.04. The molecule has 0 spiro atoms. The van der Waals surface area contributed by atoms with Gasteiger partial charge in [-0.25, -0.2) is 9.97 Å². The van der Waals surface area contributed by atoms with Crippen LogP contribution in [0, 0.1) is 13.8 Å². The third-order valence-corrected chi connectivity index (χ3v) is 2.42. The van der Waals surface area contributed by atoms with Crippen molar-refractivity contribution in [2.75, 3.05) is 13.6 Å². The molecule has 6 nitrogen and oxygen atoms in total. The van der Waals surface area contributed by atoms with E-state index < -0.39 is 5.97 Å². The predicted octanol–water partition coefficient (Wildman–Crippen LogP) is 1.03. The molecule has 1 rings (SSSR count). The molecule has 98 valence electrons. The molecule has 18 heavy (non-hydrogen) atoms. The molecule has 6 heteroatoms. The zero-order valence-corrected chi connectivity index (χ0v) is 10.8. The van der Waals surface area contributed by atoms with Crippen LogP contribution in [0.5, 0.6) is 0 Å². The number of aromatic nitrogens is 2. The first-order chi connectivity index (χ1) is 8.40. The summed E-state index contributed by atoms with van der Waals surface area (Å²) in [5.41, 5.74) is 1.09. The fourth-order valence-electron chi connectivity index (χ4n) is 1.59. The van der Waals surface area contributed by atoms with Gasteiger partial charge in [-0.3, -0.25) is 9.59 Å². The van der Waals surface area contributed by atoms with Gasteiger partial charge in [0.15, 0.2) is 0 Å². The Labute approximate surface area is 106 Å². The Kier molecular flexibility index (Phi) is 4.76. The molecule has 1 aromatic heterocycles. The molecule has 0 aliphatic rings. The molecule has 1 heterocycles. The molecule has 0 aliphatic carbocycles. The number of rotatable bonds is 5. The van der Waals surface area contributed by atoms with Gasteiger partial charge in [-0.2, -0.15) is 0 Å². The Balaban J connectivity index is 2.65. The second-order valence-corrected chi connectivity index (χ2v) is 4.17. The van der Waals surface area contributed by atoms with Gasteiger partial charge in [-0.15, -0.1) is 0 Å². The van der Waals surface area contributed by atoms with E-state index in [0.29, 0.717) is 24.5 Å². The number of carboxylic acid groups (broad SMARTS) is 1. The van der Waals surface area contributed by atoms with Crippen LogP contribution in [0.3, 0.4) is 0 Å². The summed E-state index contributed by atoms with van der Waals surface area (Å²) in [5.74, 6) is -0.518. The Morgan fingerprint density at radius 2 is 2.00 bits per heavy atom. The van der Waals surface area contributed by atoms with Gasteiger partial charge in [0.1, 0.15) is 11.5 Å². The third kappa shape index (κ3) is 4.12. The number of carboxylic acids is 1. The van der Waals surface area contributed by atoms with Gasteiger partial charge in [-0.05, 0) is 26.3 Å². The van der Waals surface area contributed by atoms with Crippen molar-refractivity contribution in [1.29, 1.82) is 0 Å². The Bertz CT molecular complexity index is 440. The highest BCUT2D eigenvalue weighted by atomic mass is 16.4. The van der Waals surface area contributed by atoms with Gasteiger partial charge in [0.25, 0.3) is 5.91 Å². The highest BCUT2D eigenvalue weighted by Gasteiger charge is 2.14. The van der Waals surface area contributed by atoms with Crippen LogP contribution in [-0.2, 0) is 4.79 Å². The summed E-state index contributed by atoms with van der Waals surface area (Å²) >= 11 is 0. The van der Waals surface area contributed by atoms with Crippen LogP contribution in [0.2, 0.25) is 0 Å². The van der Waals surface area contributed by atoms with E-state index in [1.807, 2.05) is 0 Å². The summed E-state index contributed by atoms with van der Waals surface area (Å²) < 4.78 is 0. The van der Waals surface area contributed by atoms with Crippen molar-refractivity contribution < 1.29 is 14.7 Å². The van der Waals surface area contributed by atoms with E-state index in [4.69, 9.17) is 5.11 Å². The van der Waals surface area contributed by atoms with Gasteiger partial charge in [0.2, 0.25) is 0 Å². The maximum absolute atomic E-state index is 12.0. The first-order valence-corrected chi connectivity index (χ1v) is 5.69. The van der Waals surface area contributed by atoms with Crippen molar-refractivity contribution >= 4 is 11.9 Å². The summed E-state index contributed by atoms with van der Waals surface area (Å²) in [6.45, 7) is 3.93. The smallest absolute Gasteiger partial charge is 0.303 e. The van der Waals surface area contributed by atoms with E-state index in [0.717, 1.165) is 5.69 Å². The number of nitrogens with zero attached hydrogens (tertiary/aromatic N) is 3. The Hall–Kier alpha value is -1.98. The van der Waals surface area contributed by atoms with E-state index >= 15 is 0 Å². The van der Waals surface area contributed by atoms with Gasteiger partial charge in [0, 0.05) is 25.7 Å². The average Bonchev–Trinajstić information content (AvgIpc) is 2.26. The number of aryl methyl sites for hydroxylation is 2. The van der Waals surface area contributed by atoms with E-state index in [2.05, 4.69) is 9.97 Å². The van der Waals surface area contributed by atoms with Crippen molar-refractivity contribution in [2.24, 2.45) is 0 Å². The summed E-state index contributed by atoms with van der Waals surface area (Å²) in [4.78, 5) is 32.1. The minimum Gasteiger partial charge on any atom is -0.481 e. The molecule has 0 unspecified atom stereocenters. The van der Waals surface area contributed by atoms with Gasteiger partial charge in [-0.1, -0.05) is 0 Å². The second-order valence-electron chi connectivity index (χ2n) is 4.17. The summed E-state index contributed by atoms with van der Waals surface area (Å²) in [6.07, 6.45) is 0.486. The molecule has 0 saturated heterocycles. The third-order valence-electron chi connectivity index (χ3n) is 2.42. The van der Waals surface area contributed by atoms with Crippen molar-refractivity contribution in [1.82, 2.24) is 14.9 Å². The molecule has 0 radical (unpaired) electrons. The Morgan fingerprint density at radius 3 is 2.56 bits per heavy atom. The van der Waals surface area contributed by atoms with Crippen LogP contribution in [0.25, 0.3) is 0 Å². The van der Waals surface area contributed by atoms with Crippen molar-refractivity contribution in [3.05, 3.63) is 23.3 Å². The Morgan fingerprint density at radius 1 is 1.33 bits per heavy atom. The molecule has 0 saturated carbocycles. The van der Waals surface area contributed by atoms with Crippen molar-refractivity contribution in [3.8, 4) is 0 Å². The summed E-state index contributed by atoms with van der Waals surface area (Å²) in [6, 6.07) is 1.63. The fourth-order valence-corrected chi connectivity index (χ4v) is 1.59.